The largest absolute Gasteiger partial charge is 0.462 e. The summed E-state index contributed by atoms with van der Waals surface area (Å²) in [5, 5.41) is 3.96. The van der Waals surface area contributed by atoms with Crippen molar-refractivity contribution in [2.24, 2.45) is 0 Å². The van der Waals surface area contributed by atoms with Crippen LogP contribution >= 0.6 is 11.6 Å². The molecule has 1 N–H and O–H groups in total. The number of ether oxygens (including phenoxy) is 1. The van der Waals surface area contributed by atoms with E-state index in [-0.39, 0.29) is 37.0 Å². The van der Waals surface area contributed by atoms with Gasteiger partial charge in [-0.15, -0.1) is 0 Å². The maximum absolute atomic E-state index is 14.0. The fourth-order valence-corrected chi connectivity index (χ4v) is 4.71. The quantitative estimate of drug-likeness (QED) is 0.345. The van der Waals surface area contributed by atoms with Gasteiger partial charge in [-0.25, -0.2) is 9.78 Å². The highest BCUT2D eigenvalue weighted by Gasteiger charge is 2.37. The highest BCUT2D eigenvalue weighted by molar-refractivity contribution is 6.31. The number of benzene rings is 2. The molecule has 2 heterocycles. The number of aromatic nitrogens is 2. The van der Waals surface area contributed by atoms with Crippen LogP contribution in [0.5, 0.6) is 0 Å². The fourth-order valence-electron chi connectivity index (χ4n) is 4.54. The number of rotatable bonds is 6. The first-order valence-corrected chi connectivity index (χ1v) is 13.6. The van der Waals surface area contributed by atoms with Crippen molar-refractivity contribution in [3.05, 3.63) is 111 Å². The van der Waals surface area contributed by atoms with Crippen molar-refractivity contribution >= 4 is 34.4 Å². The fraction of sp³-hybridized carbons (Fsp3) is 0.290. The molecule has 1 aromatic heterocycles. The van der Waals surface area contributed by atoms with E-state index in [0.717, 1.165) is 11.1 Å². The molecule has 0 saturated carbocycles. The van der Waals surface area contributed by atoms with Crippen molar-refractivity contribution in [3.63, 3.8) is 0 Å². The SMILES string of the molecule is C=C/C(=C\C=C/C)Cn1c(C2C(=O)OCCNCCCN2C(=O)c2ccc(C)cc2)nc2cc(Cl)ccc2c1=O. The van der Waals surface area contributed by atoms with Gasteiger partial charge in [0, 0.05) is 23.7 Å². The number of fused-ring (bicyclic) bond motifs is 1. The molecule has 1 amide bonds. The number of esters is 1. The Morgan fingerprint density at radius 1 is 1.20 bits per heavy atom. The van der Waals surface area contributed by atoms with E-state index in [1.807, 2.05) is 44.2 Å². The van der Waals surface area contributed by atoms with Crippen LogP contribution in [0.3, 0.4) is 0 Å². The number of hydrogen-bond donors (Lipinski definition) is 1. The van der Waals surface area contributed by atoms with E-state index in [0.29, 0.717) is 41.0 Å². The minimum Gasteiger partial charge on any atom is -0.462 e. The molecular formula is C31H33ClN4O4. The molecule has 0 bridgehead atoms. The van der Waals surface area contributed by atoms with Crippen molar-refractivity contribution in [3.8, 4) is 0 Å². The molecule has 4 rings (SSSR count). The average molecular weight is 561 g/mol. The van der Waals surface area contributed by atoms with Gasteiger partial charge in [0.1, 0.15) is 12.4 Å². The Morgan fingerprint density at radius 3 is 2.70 bits per heavy atom. The summed E-state index contributed by atoms with van der Waals surface area (Å²) >= 11 is 6.26. The van der Waals surface area contributed by atoms with Gasteiger partial charge in [-0.2, -0.15) is 0 Å². The minimum atomic E-state index is -1.27. The average Bonchev–Trinajstić information content (AvgIpc) is 2.95. The zero-order valence-electron chi connectivity index (χ0n) is 22.7. The molecule has 3 aromatic rings. The summed E-state index contributed by atoms with van der Waals surface area (Å²) in [4.78, 5) is 47.9. The van der Waals surface area contributed by atoms with Crippen LogP contribution in [0.15, 0.2) is 83.7 Å². The van der Waals surface area contributed by atoms with Gasteiger partial charge in [0.05, 0.1) is 17.4 Å². The monoisotopic (exact) mass is 560 g/mol. The lowest BCUT2D eigenvalue weighted by Gasteiger charge is -2.32. The van der Waals surface area contributed by atoms with Crippen LogP contribution < -0.4 is 10.9 Å². The zero-order valence-corrected chi connectivity index (χ0v) is 23.5. The van der Waals surface area contributed by atoms with Gasteiger partial charge in [0.2, 0.25) is 0 Å². The molecular weight excluding hydrogens is 528 g/mol. The summed E-state index contributed by atoms with van der Waals surface area (Å²) in [6, 6.07) is 10.7. The van der Waals surface area contributed by atoms with E-state index in [1.54, 1.807) is 36.4 Å². The number of amides is 1. The number of aryl methyl sites for hydroxylation is 1. The predicted molar refractivity (Wildman–Crippen MR) is 158 cm³/mol. The number of nitrogens with zero attached hydrogens (tertiary/aromatic N) is 3. The standard InChI is InChI=1S/C31H33ClN4O4/c1-4-6-8-22(5-2)20-36-28(34-26-19-24(32)13-14-25(26)30(36)38)27-31(39)40-18-16-33-15-7-17-35(27)29(37)23-11-9-21(3)10-12-23/h4-6,8-14,19,27,33H,2,7,15-18,20H2,1,3H3/b6-4-,22-8+. The van der Waals surface area contributed by atoms with Crippen LogP contribution in [0.2, 0.25) is 5.02 Å². The van der Waals surface area contributed by atoms with Crippen LogP contribution in [0, 0.1) is 6.92 Å². The van der Waals surface area contributed by atoms with Crippen LogP contribution in [-0.2, 0) is 16.1 Å². The number of carbonyl (C=O) groups excluding carboxylic acids is 2. The molecule has 40 heavy (non-hydrogen) atoms. The van der Waals surface area contributed by atoms with Gasteiger partial charge >= 0.3 is 5.97 Å². The van der Waals surface area contributed by atoms with Gasteiger partial charge in [0.15, 0.2) is 6.04 Å². The number of hydrogen-bond acceptors (Lipinski definition) is 6. The lowest BCUT2D eigenvalue weighted by Crippen LogP contribution is -2.45. The molecule has 1 saturated heterocycles. The Labute approximate surface area is 238 Å². The Kier molecular flexibility index (Phi) is 9.69. The van der Waals surface area contributed by atoms with Crippen LogP contribution in [0.1, 0.15) is 41.1 Å². The van der Waals surface area contributed by atoms with Gasteiger partial charge in [0.25, 0.3) is 11.5 Å². The molecule has 2 aromatic carbocycles. The molecule has 1 unspecified atom stereocenters. The highest BCUT2D eigenvalue weighted by Crippen LogP contribution is 2.27. The summed E-state index contributed by atoms with van der Waals surface area (Å²) in [6.07, 6.45) is 7.78. The van der Waals surface area contributed by atoms with E-state index in [9.17, 15) is 14.4 Å². The molecule has 1 atom stereocenters. The predicted octanol–water partition coefficient (Wildman–Crippen LogP) is 4.77. The molecule has 0 radical (unpaired) electrons. The van der Waals surface area contributed by atoms with Gasteiger partial charge in [-0.05, 0) is 62.7 Å². The second-order valence-corrected chi connectivity index (χ2v) is 9.97. The summed E-state index contributed by atoms with van der Waals surface area (Å²) in [7, 11) is 0. The first kappa shape index (κ1) is 29.0. The number of allylic oxidation sites excluding steroid dienone is 5. The van der Waals surface area contributed by atoms with E-state index in [4.69, 9.17) is 21.3 Å². The Balaban J connectivity index is 1.97. The van der Waals surface area contributed by atoms with Gasteiger partial charge in [-0.1, -0.05) is 60.2 Å². The third kappa shape index (κ3) is 6.58. The van der Waals surface area contributed by atoms with Crippen LogP contribution in [-0.4, -0.2) is 52.6 Å². The number of cyclic esters (lactones) is 1. The summed E-state index contributed by atoms with van der Waals surface area (Å²) in [5.74, 6) is -0.918. The smallest absolute Gasteiger partial charge is 0.336 e. The normalized spacial score (nSPS) is 17.2. The van der Waals surface area contributed by atoms with Crippen molar-refractivity contribution in [2.75, 3.05) is 26.2 Å². The van der Waals surface area contributed by atoms with Gasteiger partial charge < -0.3 is 15.0 Å². The second kappa shape index (κ2) is 13.4. The molecule has 9 heteroatoms. The molecule has 8 nitrogen and oxygen atoms in total. The maximum Gasteiger partial charge on any atom is 0.336 e. The Hall–Kier alpha value is -4.01. The highest BCUT2D eigenvalue weighted by atomic mass is 35.5. The Bertz CT molecular complexity index is 1520. The first-order chi connectivity index (χ1) is 19.3. The van der Waals surface area contributed by atoms with Crippen molar-refractivity contribution in [1.29, 1.82) is 0 Å². The van der Waals surface area contributed by atoms with Crippen LogP contribution in [0.4, 0.5) is 0 Å². The van der Waals surface area contributed by atoms with E-state index in [2.05, 4.69) is 11.9 Å². The Morgan fingerprint density at radius 2 is 1.98 bits per heavy atom. The lowest BCUT2D eigenvalue weighted by molar-refractivity contribution is -0.150. The zero-order chi connectivity index (χ0) is 28.6. The minimum absolute atomic E-state index is 0.0888. The van der Waals surface area contributed by atoms with Crippen LogP contribution in [0.25, 0.3) is 10.9 Å². The van der Waals surface area contributed by atoms with Crippen molar-refractivity contribution in [1.82, 2.24) is 19.8 Å². The summed E-state index contributed by atoms with van der Waals surface area (Å²) in [5.41, 5.74) is 2.12. The van der Waals surface area contributed by atoms with Crippen molar-refractivity contribution in [2.45, 2.75) is 32.9 Å². The van der Waals surface area contributed by atoms with E-state index >= 15 is 0 Å². The molecule has 1 aliphatic rings. The molecule has 1 fully saturated rings. The summed E-state index contributed by atoms with van der Waals surface area (Å²) in [6.45, 7) is 9.26. The number of nitrogens with one attached hydrogen (secondary N) is 1. The van der Waals surface area contributed by atoms with Crippen molar-refractivity contribution < 1.29 is 14.3 Å². The molecule has 208 valence electrons. The third-order valence-corrected chi connectivity index (χ3v) is 6.90. The number of carbonyl (C=O) groups is 2. The molecule has 0 spiro atoms. The first-order valence-electron chi connectivity index (χ1n) is 13.2. The molecule has 0 aliphatic carbocycles. The maximum atomic E-state index is 14.0. The topological polar surface area (TPSA) is 93.5 Å². The lowest BCUT2D eigenvalue weighted by atomic mass is 10.1. The third-order valence-electron chi connectivity index (χ3n) is 6.67. The number of halogens is 1. The van der Waals surface area contributed by atoms with Gasteiger partial charge in [-0.3, -0.25) is 14.2 Å². The molecule has 1 aliphatic heterocycles. The van der Waals surface area contributed by atoms with E-state index in [1.165, 1.54) is 9.47 Å². The second-order valence-electron chi connectivity index (χ2n) is 9.53. The van der Waals surface area contributed by atoms with E-state index < -0.39 is 12.0 Å². The summed E-state index contributed by atoms with van der Waals surface area (Å²) < 4.78 is 7.05.